The lowest BCUT2D eigenvalue weighted by Gasteiger charge is -2.08. The molecule has 0 aliphatic heterocycles. The number of ether oxygens (including phenoxy) is 1. The van der Waals surface area contributed by atoms with Gasteiger partial charge >= 0.3 is 0 Å². The molecule has 0 unspecified atom stereocenters. The first-order valence-corrected chi connectivity index (χ1v) is 8.36. The van der Waals surface area contributed by atoms with Crippen LogP contribution in [0.5, 0.6) is 5.75 Å². The van der Waals surface area contributed by atoms with E-state index >= 15 is 0 Å². The summed E-state index contributed by atoms with van der Waals surface area (Å²) in [6.45, 7) is 0.575. The van der Waals surface area contributed by atoms with Crippen molar-refractivity contribution < 1.29 is 17.9 Å². The van der Waals surface area contributed by atoms with Gasteiger partial charge in [-0.15, -0.1) is 0 Å². The van der Waals surface area contributed by atoms with Crippen LogP contribution in [0.2, 0.25) is 0 Å². The lowest BCUT2D eigenvalue weighted by atomic mass is 10.3. The predicted molar refractivity (Wildman–Crippen MR) is 78.3 cm³/mol. The van der Waals surface area contributed by atoms with Crippen LogP contribution in [0.3, 0.4) is 0 Å². The maximum atomic E-state index is 11.5. The molecule has 0 radical (unpaired) electrons. The number of anilines is 1. The molecule has 20 heavy (non-hydrogen) atoms. The first-order valence-electron chi connectivity index (χ1n) is 6.30. The highest BCUT2D eigenvalue weighted by Gasteiger charge is 2.05. The molecule has 6 nitrogen and oxygen atoms in total. The van der Waals surface area contributed by atoms with Gasteiger partial charge in [0.1, 0.15) is 15.6 Å². The van der Waals surface area contributed by atoms with E-state index in [2.05, 4.69) is 5.32 Å². The van der Waals surface area contributed by atoms with E-state index in [1.807, 2.05) is 0 Å². The molecule has 3 N–H and O–H groups in total. The zero-order valence-electron chi connectivity index (χ0n) is 11.5. The zero-order chi connectivity index (χ0) is 15.0. The van der Waals surface area contributed by atoms with Crippen molar-refractivity contribution in [3.05, 3.63) is 24.3 Å². The second-order valence-electron chi connectivity index (χ2n) is 4.47. The molecular formula is C13H20N2O4S. The Balaban J connectivity index is 2.16. The van der Waals surface area contributed by atoms with E-state index in [-0.39, 0.29) is 24.7 Å². The standard InChI is InChI=1S/C13H20N2O4S/c1-20(17,18)10-4-8-15-13(16)7-9-19-12-6-3-2-5-11(12)14/h2-3,5-6H,4,7-10,14H2,1H3,(H,15,16). The molecule has 0 saturated carbocycles. The third-order valence-electron chi connectivity index (χ3n) is 2.52. The predicted octanol–water partition coefficient (Wildman–Crippen LogP) is 0.589. The molecule has 1 amide bonds. The molecule has 1 aromatic rings. The minimum absolute atomic E-state index is 0.0737. The molecule has 0 aromatic heterocycles. The van der Waals surface area contributed by atoms with Gasteiger partial charge in [0.2, 0.25) is 5.91 Å². The zero-order valence-corrected chi connectivity index (χ0v) is 12.3. The third kappa shape index (κ3) is 6.98. The molecule has 0 saturated heterocycles. The van der Waals surface area contributed by atoms with Crippen molar-refractivity contribution in [2.45, 2.75) is 12.8 Å². The van der Waals surface area contributed by atoms with Crippen molar-refractivity contribution in [1.29, 1.82) is 0 Å². The normalized spacial score (nSPS) is 11.1. The van der Waals surface area contributed by atoms with Crippen LogP contribution in [-0.2, 0) is 14.6 Å². The second kappa shape index (κ2) is 7.74. The van der Waals surface area contributed by atoms with Gasteiger partial charge in [-0.05, 0) is 18.6 Å². The van der Waals surface area contributed by atoms with E-state index in [4.69, 9.17) is 10.5 Å². The number of para-hydroxylation sites is 2. The van der Waals surface area contributed by atoms with Crippen molar-refractivity contribution in [3.8, 4) is 5.75 Å². The number of carbonyl (C=O) groups excluding carboxylic acids is 1. The Bertz CT molecular complexity index is 543. The molecule has 0 fully saturated rings. The van der Waals surface area contributed by atoms with Gasteiger partial charge in [-0.1, -0.05) is 12.1 Å². The van der Waals surface area contributed by atoms with Gasteiger partial charge in [0, 0.05) is 12.8 Å². The summed E-state index contributed by atoms with van der Waals surface area (Å²) >= 11 is 0. The number of rotatable bonds is 8. The van der Waals surface area contributed by atoms with Gasteiger partial charge in [-0.25, -0.2) is 8.42 Å². The Hall–Kier alpha value is -1.76. The lowest BCUT2D eigenvalue weighted by molar-refractivity contribution is -0.121. The van der Waals surface area contributed by atoms with Crippen molar-refractivity contribution in [2.75, 3.05) is 30.9 Å². The number of sulfone groups is 1. The summed E-state index contributed by atoms with van der Waals surface area (Å²) in [7, 11) is -2.97. The summed E-state index contributed by atoms with van der Waals surface area (Å²) in [5.74, 6) is 0.454. The highest BCUT2D eigenvalue weighted by molar-refractivity contribution is 7.90. The van der Waals surface area contributed by atoms with Gasteiger partial charge in [0.05, 0.1) is 24.5 Å². The quantitative estimate of drug-likeness (QED) is 0.541. The van der Waals surface area contributed by atoms with E-state index in [9.17, 15) is 13.2 Å². The van der Waals surface area contributed by atoms with Crippen LogP contribution in [0.25, 0.3) is 0 Å². The smallest absolute Gasteiger partial charge is 0.223 e. The van der Waals surface area contributed by atoms with Crippen molar-refractivity contribution >= 4 is 21.4 Å². The number of nitrogens with one attached hydrogen (secondary N) is 1. The summed E-state index contributed by atoms with van der Waals surface area (Å²) in [4.78, 5) is 11.5. The summed E-state index contributed by atoms with van der Waals surface area (Å²) in [6.07, 6.45) is 1.79. The monoisotopic (exact) mass is 300 g/mol. The average Bonchev–Trinajstić information content (AvgIpc) is 2.36. The summed E-state index contributed by atoms with van der Waals surface area (Å²) in [6, 6.07) is 7.06. The van der Waals surface area contributed by atoms with Crippen molar-refractivity contribution in [3.63, 3.8) is 0 Å². The van der Waals surface area contributed by atoms with Gasteiger partial charge in [0.15, 0.2) is 0 Å². The Morgan fingerprint density at radius 2 is 2.05 bits per heavy atom. The molecule has 7 heteroatoms. The topological polar surface area (TPSA) is 98.5 Å². The molecule has 0 bridgehead atoms. The largest absolute Gasteiger partial charge is 0.491 e. The van der Waals surface area contributed by atoms with Crippen molar-refractivity contribution in [2.24, 2.45) is 0 Å². The number of nitrogen functional groups attached to an aromatic ring is 1. The summed E-state index contributed by atoms with van der Waals surface area (Å²) in [5.41, 5.74) is 6.22. The summed E-state index contributed by atoms with van der Waals surface area (Å²) in [5, 5.41) is 2.64. The fraction of sp³-hybridized carbons (Fsp3) is 0.462. The van der Waals surface area contributed by atoms with Crippen LogP contribution in [0, 0.1) is 0 Å². The molecule has 1 aromatic carbocycles. The number of benzene rings is 1. The van der Waals surface area contributed by atoms with E-state index in [1.165, 1.54) is 6.26 Å². The maximum absolute atomic E-state index is 11.5. The molecule has 0 aliphatic rings. The van der Waals surface area contributed by atoms with Crippen LogP contribution < -0.4 is 15.8 Å². The molecule has 0 atom stereocenters. The number of hydrogen-bond donors (Lipinski definition) is 2. The Morgan fingerprint density at radius 3 is 2.70 bits per heavy atom. The number of amides is 1. The minimum atomic E-state index is -2.97. The fourth-order valence-electron chi connectivity index (χ4n) is 1.52. The van der Waals surface area contributed by atoms with Gasteiger partial charge in [0.25, 0.3) is 0 Å². The molecule has 0 spiro atoms. The van der Waals surface area contributed by atoms with Crippen LogP contribution in [0.4, 0.5) is 5.69 Å². The van der Waals surface area contributed by atoms with E-state index < -0.39 is 9.84 Å². The van der Waals surface area contributed by atoms with Gasteiger partial charge in [-0.2, -0.15) is 0 Å². The molecule has 1 rings (SSSR count). The number of nitrogens with two attached hydrogens (primary N) is 1. The minimum Gasteiger partial charge on any atom is -0.491 e. The molecule has 112 valence electrons. The first kappa shape index (κ1) is 16.3. The lowest BCUT2D eigenvalue weighted by Crippen LogP contribution is -2.27. The molecule has 0 aliphatic carbocycles. The molecule has 0 heterocycles. The van der Waals surface area contributed by atoms with Crippen LogP contribution in [0.15, 0.2) is 24.3 Å². The van der Waals surface area contributed by atoms with Gasteiger partial charge in [-0.3, -0.25) is 4.79 Å². The SMILES string of the molecule is CS(=O)(=O)CCCNC(=O)CCOc1ccccc1N. The van der Waals surface area contributed by atoms with E-state index in [1.54, 1.807) is 24.3 Å². The Labute approximate surface area is 119 Å². The highest BCUT2D eigenvalue weighted by Crippen LogP contribution is 2.19. The Kier molecular flexibility index (Phi) is 6.30. The van der Waals surface area contributed by atoms with Crippen molar-refractivity contribution in [1.82, 2.24) is 5.32 Å². The molecular weight excluding hydrogens is 280 g/mol. The van der Waals surface area contributed by atoms with E-state index in [0.29, 0.717) is 24.4 Å². The average molecular weight is 300 g/mol. The van der Waals surface area contributed by atoms with Crippen LogP contribution in [0.1, 0.15) is 12.8 Å². The van der Waals surface area contributed by atoms with Crippen LogP contribution in [-0.4, -0.2) is 39.5 Å². The number of hydrogen-bond acceptors (Lipinski definition) is 5. The maximum Gasteiger partial charge on any atom is 0.223 e. The van der Waals surface area contributed by atoms with E-state index in [0.717, 1.165) is 0 Å². The van der Waals surface area contributed by atoms with Crippen LogP contribution >= 0.6 is 0 Å². The first-order chi connectivity index (χ1) is 9.38. The third-order valence-corrected chi connectivity index (χ3v) is 3.55. The number of carbonyl (C=O) groups is 1. The second-order valence-corrected chi connectivity index (χ2v) is 6.73. The summed E-state index contributed by atoms with van der Waals surface area (Å²) < 4.78 is 27.2. The Morgan fingerprint density at radius 1 is 1.35 bits per heavy atom. The van der Waals surface area contributed by atoms with Gasteiger partial charge < -0.3 is 15.8 Å². The highest BCUT2D eigenvalue weighted by atomic mass is 32.2. The fourth-order valence-corrected chi connectivity index (χ4v) is 2.18.